The molecule has 1 aliphatic rings. The molecule has 132 valence electrons. The number of ether oxygens (including phenoxy) is 1. The van der Waals surface area contributed by atoms with Gasteiger partial charge in [0, 0.05) is 32.2 Å². The predicted octanol–water partition coefficient (Wildman–Crippen LogP) is 3.24. The minimum Gasteiger partial charge on any atom is -0.489 e. The lowest BCUT2D eigenvalue weighted by molar-refractivity contribution is -0.139. The fourth-order valence-corrected chi connectivity index (χ4v) is 3.11. The Hall–Kier alpha value is -2.33. The van der Waals surface area contributed by atoms with Crippen molar-refractivity contribution < 1.29 is 9.53 Å². The van der Waals surface area contributed by atoms with Gasteiger partial charge in [0.1, 0.15) is 12.4 Å². The van der Waals surface area contributed by atoms with Gasteiger partial charge in [0.25, 0.3) is 0 Å². The molecular formula is C21H26N2O2. The number of rotatable bonds is 5. The number of hydrogen-bond donors (Lipinski definition) is 0. The smallest absolute Gasteiger partial charge is 0.239 e. The molecule has 1 saturated heterocycles. The van der Waals surface area contributed by atoms with E-state index in [1.54, 1.807) is 4.90 Å². The average molecular weight is 338 g/mol. The van der Waals surface area contributed by atoms with Gasteiger partial charge in [-0.15, -0.1) is 0 Å². The zero-order chi connectivity index (χ0) is 17.8. The van der Waals surface area contributed by atoms with E-state index in [0.717, 1.165) is 36.5 Å². The first-order chi connectivity index (χ1) is 12.0. The summed E-state index contributed by atoms with van der Waals surface area (Å²) < 4.78 is 6.07. The van der Waals surface area contributed by atoms with E-state index in [1.165, 1.54) is 5.56 Å². The summed E-state index contributed by atoms with van der Waals surface area (Å²) in [6.07, 6.45) is 0. The second-order valence-electron chi connectivity index (χ2n) is 6.79. The number of likely N-dealkylation sites (N-methyl/N-ethyl adjacent to an activating group) is 1. The minimum absolute atomic E-state index is 0.0936. The lowest BCUT2D eigenvalue weighted by Crippen LogP contribution is -2.53. The van der Waals surface area contributed by atoms with Crippen LogP contribution < -0.4 is 4.74 Å². The third kappa shape index (κ3) is 4.20. The lowest BCUT2D eigenvalue weighted by Gasteiger charge is -2.37. The van der Waals surface area contributed by atoms with Crippen LogP contribution in [-0.2, 0) is 17.9 Å². The van der Waals surface area contributed by atoms with Crippen molar-refractivity contribution in [3.8, 4) is 5.75 Å². The van der Waals surface area contributed by atoms with E-state index in [9.17, 15) is 4.79 Å². The summed E-state index contributed by atoms with van der Waals surface area (Å²) in [6.45, 7) is 7.00. The molecular weight excluding hydrogens is 312 g/mol. The molecule has 0 N–H and O–H groups in total. The van der Waals surface area contributed by atoms with Gasteiger partial charge in [-0.25, -0.2) is 0 Å². The SMILES string of the molecule is Cc1ccc(COc2ccccc2CN2CCN(C)C(=O)C2C)cc1. The van der Waals surface area contributed by atoms with E-state index in [1.807, 2.05) is 32.2 Å². The van der Waals surface area contributed by atoms with E-state index in [-0.39, 0.29) is 11.9 Å². The predicted molar refractivity (Wildman–Crippen MR) is 99.5 cm³/mol. The Bertz CT molecular complexity index is 727. The Morgan fingerprint density at radius 2 is 1.80 bits per heavy atom. The first kappa shape index (κ1) is 17.5. The number of nitrogens with zero attached hydrogens (tertiary/aromatic N) is 2. The standard InChI is InChI=1S/C21H26N2O2/c1-16-8-10-18(11-9-16)15-25-20-7-5-4-6-19(20)14-23-13-12-22(3)21(24)17(23)2/h4-11,17H,12-15H2,1-3H3. The van der Waals surface area contributed by atoms with Gasteiger partial charge in [-0.3, -0.25) is 9.69 Å². The van der Waals surface area contributed by atoms with Gasteiger partial charge in [-0.1, -0.05) is 48.0 Å². The highest BCUT2D eigenvalue weighted by Crippen LogP contribution is 2.23. The van der Waals surface area contributed by atoms with Crippen molar-refractivity contribution >= 4 is 5.91 Å². The molecule has 0 aliphatic carbocycles. The summed E-state index contributed by atoms with van der Waals surface area (Å²) in [4.78, 5) is 16.2. The summed E-state index contributed by atoms with van der Waals surface area (Å²) in [7, 11) is 1.87. The number of amides is 1. The molecule has 3 rings (SSSR count). The van der Waals surface area contributed by atoms with Crippen molar-refractivity contribution in [3.63, 3.8) is 0 Å². The molecule has 1 amide bonds. The quantitative estimate of drug-likeness (QED) is 0.839. The van der Waals surface area contributed by atoms with E-state index in [4.69, 9.17) is 4.74 Å². The van der Waals surface area contributed by atoms with E-state index >= 15 is 0 Å². The van der Waals surface area contributed by atoms with E-state index in [0.29, 0.717) is 6.61 Å². The number of carbonyl (C=O) groups is 1. The summed E-state index contributed by atoms with van der Waals surface area (Å²) in [5, 5.41) is 0. The number of benzene rings is 2. The Morgan fingerprint density at radius 3 is 2.56 bits per heavy atom. The molecule has 0 spiro atoms. The second kappa shape index (κ2) is 7.70. The van der Waals surface area contributed by atoms with Gasteiger partial charge < -0.3 is 9.64 Å². The molecule has 1 fully saturated rings. The fraction of sp³-hybridized carbons (Fsp3) is 0.381. The lowest BCUT2D eigenvalue weighted by atomic mass is 10.1. The van der Waals surface area contributed by atoms with Crippen molar-refractivity contribution in [2.45, 2.75) is 33.0 Å². The van der Waals surface area contributed by atoms with Crippen molar-refractivity contribution in [3.05, 3.63) is 65.2 Å². The van der Waals surface area contributed by atoms with Crippen LogP contribution in [0.5, 0.6) is 5.75 Å². The van der Waals surface area contributed by atoms with Crippen LogP contribution in [0, 0.1) is 6.92 Å². The van der Waals surface area contributed by atoms with Gasteiger partial charge in [-0.2, -0.15) is 0 Å². The van der Waals surface area contributed by atoms with Gasteiger partial charge in [0.05, 0.1) is 6.04 Å². The van der Waals surface area contributed by atoms with Crippen LogP contribution in [0.4, 0.5) is 0 Å². The van der Waals surface area contributed by atoms with Crippen LogP contribution in [0.15, 0.2) is 48.5 Å². The highest BCUT2D eigenvalue weighted by molar-refractivity contribution is 5.81. The highest BCUT2D eigenvalue weighted by atomic mass is 16.5. The fourth-order valence-electron chi connectivity index (χ4n) is 3.11. The molecule has 0 radical (unpaired) electrons. The number of carbonyl (C=O) groups excluding carboxylic acids is 1. The third-order valence-corrected chi connectivity index (χ3v) is 4.86. The zero-order valence-corrected chi connectivity index (χ0v) is 15.2. The van der Waals surface area contributed by atoms with Crippen LogP contribution in [0.1, 0.15) is 23.6 Å². The van der Waals surface area contributed by atoms with Crippen LogP contribution in [-0.4, -0.2) is 41.9 Å². The maximum Gasteiger partial charge on any atom is 0.239 e. The van der Waals surface area contributed by atoms with Gasteiger partial charge >= 0.3 is 0 Å². The molecule has 4 nitrogen and oxygen atoms in total. The molecule has 0 saturated carbocycles. The monoisotopic (exact) mass is 338 g/mol. The van der Waals surface area contributed by atoms with Gasteiger partial charge in [-0.05, 0) is 25.5 Å². The topological polar surface area (TPSA) is 32.8 Å². The summed E-state index contributed by atoms with van der Waals surface area (Å²) in [6, 6.07) is 16.4. The molecule has 25 heavy (non-hydrogen) atoms. The Kier molecular flexibility index (Phi) is 5.39. The highest BCUT2D eigenvalue weighted by Gasteiger charge is 2.29. The molecule has 1 aliphatic heterocycles. The molecule has 1 heterocycles. The Balaban J connectivity index is 1.68. The molecule has 0 bridgehead atoms. The molecule has 0 aromatic heterocycles. The van der Waals surface area contributed by atoms with Gasteiger partial charge in [0.15, 0.2) is 0 Å². The molecule has 4 heteroatoms. The summed E-state index contributed by atoms with van der Waals surface area (Å²) in [5.41, 5.74) is 3.53. The minimum atomic E-state index is -0.0936. The molecule has 1 atom stereocenters. The third-order valence-electron chi connectivity index (χ3n) is 4.86. The van der Waals surface area contributed by atoms with Crippen LogP contribution >= 0.6 is 0 Å². The number of para-hydroxylation sites is 1. The number of hydrogen-bond acceptors (Lipinski definition) is 3. The maximum absolute atomic E-state index is 12.2. The largest absolute Gasteiger partial charge is 0.489 e. The maximum atomic E-state index is 12.2. The van der Waals surface area contributed by atoms with E-state index in [2.05, 4.69) is 42.2 Å². The molecule has 1 unspecified atom stereocenters. The van der Waals surface area contributed by atoms with E-state index < -0.39 is 0 Å². The first-order valence-corrected chi connectivity index (χ1v) is 8.80. The first-order valence-electron chi connectivity index (χ1n) is 8.80. The van der Waals surface area contributed by atoms with Gasteiger partial charge in [0.2, 0.25) is 5.91 Å². The van der Waals surface area contributed by atoms with Crippen molar-refractivity contribution in [2.75, 3.05) is 20.1 Å². The van der Waals surface area contributed by atoms with Crippen LogP contribution in [0.2, 0.25) is 0 Å². The average Bonchev–Trinajstić information content (AvgIpc) is 2.63. The Labute approximate surface area is 150 Å². The van der Waals surface area contributed by atoms with Crippen LogP contribution in [0.3, 0.4) is 0 Å². The van der Waals surface area contributed by atoms with Crippen molar-refractivity contribution in [2.24, 2.45) is 0 Å². The molecule has 2 aromatic rings. The number of piperazine rings is 1. The normalized spacial score (nSPS) is 18.4. The zero-order valence-electron chi connectivity index (χ0n) is 15.2. The van der Waals surface area contributed by atoms with Crippen LogP contribution in [0.25, 0.3) is 0 Å². The number of aryl methyl sites for hydroxylation is 1. The van der Waals surface area contributed by atoms with Crippen molar-refractivity contribution in [1.82, 2.24) is 9.80 Å². The Morgan fingerprint density at radius 1 is 1.08 bits per heavy atom. The van der Waals surface area contributed by atoms with Crippen molar-refractivity contribution in [1.29, 1.82) is 0 Å². The molecule has 2 aromatic carbocycles. The second-order valence-corrected chi connectivity index (χ2v) is 6.79. The summed E-state index contributed by atoms with van der Waals surface area (Å²) in [5.74, 6) is 1.07. The summed E-state index contributed by atoms with van der Waals surface area (Å²) >= 11 is 0.